The van der Waals surface area contributed by atoms with Gasteiger partial charge in [0.1, 0.15) is 0 Å². The first-order chi connectivity index (χ1) is 11.9. The van der Waals surface area contributed by atoms with Gasteiger partial charge in [-0.05, 0) is 39.0 Å². The largest absolute Gasteiger partial charge is 0.357 e. The van der Waals surface area contributed by atoms with Crippen LogP contribution in [-0.2, 0) is 19.3 Å². The monoisotopic (exact) mass is 501 g/mol. The number of guanidine groups is 1. The Kier molecular flexibility index (Phi) is 7.99. The van der Waals surface area contributed by atoms with E-state index in [2.05, 4.69) is 17.1 Å². The number of likely N-dealkylation sites (tertiary alicyclic amines) is 1. The summed E-state index contributed by atoms with van der Waals surface area (Å²) < 4.78 is 35.0. The summed E-state index contributed by atoms with van der Waals surface area (Å²) in [6, 6.07) is 0. The lowest BCUT2D eigenvalue weighted by Crippen LogP contribution is -2.52. The lowest BCUT2D eigenvalue weighted by atomic mass is 9.90. The first-order valence-electron chi connectivity index (χ1n) is 9.43. The second-order valence-corrected chi connectivity index (χ2v) is 9.69. The van der Waals surface area contributed by atoms with Gasteiger partial charge in [0.2, 0.25) is 0 Å². The first-order valence-corrected chi connectivity index (χ1v) is 11.3. The average Bonchev–Trinajstić information content (AvgIpc) is 3.18. The highest BCUT2D eigenvalue weighted by Gasteiger charge is 2.42. The van der Waals surface area contributed by atoms with Crippen LogP contribution in [0.4, 0.5) is 0 Å². The van der Waals surface area contributed by atoms with Crippen molar-refractivity contribution in [1.82, 2.24) is 10.2 Å². The van der Waals surface area contributed by atoms with Crippen LogP contribution in [0.15, 0.2) is 4.99 Å². The summed E-state index contributed by atoms with van der Waals surface area (Å²) >= 11 is 0. The lowest BCUT2D eigenvalue weighted by molar-refractivity contribution is -0.189. The number of nitrogens with one attached hydrogen (secondary N) is 1. The lowest BCUT2D eigenvalue weighted by Gasteiger charge is -2.41. The molecule has 26 heavy (non-hydrogen) atoms. The SMILES string of the molecule is CCNC(=NCC1CCS(=O)(=O)C1)N1CCCC(C2(C)OCCO2)C1.I. The molecule has 3 heterocycles. The number of sulfone groups is 1. The molecule has 3 aliphatic rings. The van der Waals surface area contributed by atoms with Gasteiger partial charge >= 0.3 is 0 Å². The highest BCUT2D eigenvalue weighted by Crippen LogP contribution is 2.34. The Balaban J connectivity index is 0.00000243. The molecule has 3 aliphatic heterocycles. The van der Waals surface area contributed by atoms with Crippen molar-refractivity contribution in [3.63, 3.8) is 0 Å². The number of ether oxygens (including phenoxy) is 2. The molecular weight excluding hydrogens is 469 g/mol. The molecule has 0 saturated carbocycles. The van der Waals surface area contributed by atoms with Gasteiger partial charge in [0.05, 0.1) is 24.7 Å². The maximum atomic E-state index is 11.6. The van der Waals surface area contributed by atoms with E-state index in [0.29, 0.717) is 31.4 Å². The summed E-state index contributed by atoms with van der Waals surface area (Å²) in [5, 5.41) is 3.37. The number of hydrogen-bond acceptors (Lipinski definition) is 5. The minimum Gasteiger partial charge on any atom is -0.357 e. The Labute approximate surface area is 174 Å². The van der Waals surface area contributed by atoms with Gasteiger partial charge in [-0.2, -0.15) is 0 Å². The minimum absolute atomic E-state index is 0. The van der Waals surface area contributed by atoms with Crippen LogP contribution in [0.1, 0.15) is 33.1 Å². The van der Waals surface area contributed by atoms with Gasteiger partial charge in [0.25, 0.3) is 0 Å². The third kappa shape index (κ3) is 5.45. The molecular formula is C17H32IN3O4S. The van der Waals surface area contributed by atoms with Crippen LogP contribution in [0.2, 0.25) is 0 Å². The summed E-state index contributed by atoms with van der Waals surface area (Å²) in [7, 11) is -2.84. The fourth-order valence-corrected chi connectivity index (χ4v) is 5.87. The molecule has 0 aromatic rings. The molecule has 3 saturated heterocycles. The van der Waals surface area contributed by atoms with E-state index in [4.69, 9.17) is 14.5 Å². The van der Waals surface area contributed by atoms with E-state index in [-0.39, 0.29) is 35.6 Å². The molecule has 0 radical (unpaired) electrons. The van der Waals surface area contributed by atoms with Crippen LogP contribution < -0.4 is 5.32 Å². The molecule has 0 bridgehead atoms. The van der Waals surface area contributed by atoms with E-state index in [1.54, 1.807) is 0 Å². The minimum atomic E-state index is -2.84. The molecule has 9 heteroatoms. The molecule has 2 unspecified atom stereocenters. The zero-order chi connectivity index (χ0) is 17.9. The third-order valence-electron chi connectivity index (χ3n) is 5.48. The first kappa shape index (κ1) is 22.2. The van der Waals surface area contributed by atoms with Gasteiger partial charge in [0.15, 0.2) is 21.6 Å². The Bertz CT molecular complexity index is 593. The normalized spacial score (nSPS) is 30.8. The molecule has 7 nitrogen and oxygen atoms in total. The highest BCUT2D eigenvalue weighted by atomic mass is 127. The summed E-state index contributed by atoms with van der Waals surface area (Å²) in [5.74, 6) is 1.45. The van der Waals surface area contributed by atoms with Gasteiger partial charge in [-0.3, -0.25) is 4.99 Å². The summed E-state index contributed by atoms with van der Waals surface area (Å²) in [6.45, 7) is 8.62. The second-order valence-electron chi connectivity index (χ2n) is 7.46. The van der Waals surface area contributed by atoms with Crippen molar-refractivity contribution >= 4 is 39.8 Å². The van der Waals surface area contributed by atoms with Crippen LogP contribution in [0.5, 0.6) is 0 Å². The molecule has 0 aliphatic carbocycles. The predicted molar refractivity (Wildman–Crippen MR) is 113 cm³/mol. The van der Waals surface area contributed by atoms with E-state index in [0.717, 1.165) is 44.9 Å². The fraction of sp³-hybridized carbons (Fsp3) is 0.941. The van der Waals surface area contributed by atoms with Gasteiger partial charge in [-0.25, -0.2) is 8.42 Å². The fourth-order valence-electron chi connectivity index (χ4n) is 4.02. The third-order valence-corrected chi connectivity index (χ3v) is 7.32. The zero-order valence-electron chi connectivity index (χ0n) is 15.8. The molecule has 1 N–H and O–H groups in total. The van der Waals surface area contributed by atoms with Crippen molar-refractivity contribution in [2.45, 2.75) is 38.9 Å². The quantitative estimate of drug-likeness (QED) is 0.357. The highest BCUT2D eigenvalue weighted by molar-refractivity contribution is 14.0. The Morgan fingerprint density at radius 1 is 1.31 bits per heavy atom. The van der Waals surface area contributed by atoms with Crippen LogP contribution in [-0.4, -0.2) is 76.0 Å². The van der Waals surface area contributed by atoms with Crippen LogP contribution in [0.25, 0.3) is 0 Å². The number of hydrogen-bond donors (Lipinski definition) is 1. The summed E-state index contributed by atoms with van der Waals surface area (Å²) in [5.41, 5.74) is 0. The molecule has 0 aromatic heterocycles. The molecule has 0 spiro atoms. The van der Waals surface area contributed by atoms with Crippen molar-refractivity contribution in [1.29, 1.82) is 0 Å². The summed E-state index contributed by atoms with van der Waals surface area (Å²) in [6.07, 6.45) is 2.90. The Morgan fingerprint density at radius 2 is 2.04 bits per heavy atom. The molecule has 2 atom stereocenters. The number of halogens is 1. The molecule has 0 amide bonds. The number of rotatable bonds is 4. The standard InChI is InChI=1S/C17H31N3O4S.HI/c1-3-18-16(19-11-14-6-10-25(21,22)13-14)20-7-4-5-15(12-20)17(2)23-8-9-24-17;/h14-15H,3-13H2,1-2H3,(H,18,19);1H. The van der Waals surface area contributed by atoms with Crippen LogP contribution >= 0.6 is 24.0 Å². The number of piperidine rings is 1. The van der Waals surface area contributed by atoms with Gasteiger partial charge < -0.3 is 19.7 Å². The smallest absolute Gasteiger partial charge is 0.193 e. The van der Waals surface area contributed by atoms with E-state index in [9.17, 15) is 8.42 Å². The maximum Gasteiger partial charge on any atom is 0.193 e. The van der Waals surface area contributed by atoms with Crippen LogP contribution in [0, 0.1) is 11.8 Å². The van der Waals surface area contributed by atoms with Crippen LogP contribution in [0.3, 0.4) is 0 Å². The average molecular weight is 501 g/mol. The number of nitrogens with zero attached hydrogens (tertiary/aromatic N) is 2. The maximum absolute atomic E-state index is 11.6. The summed E-state index contributed by atoms with van der Waals surface area (Å²) in [4.78, 5) is 7.03. The Hall–Kier alpha value is -0.130. The Morgan fingerprint density at radius 3 is 2.65 bits per heavy atom. The predicted octanol–water partition coefficient (Wildman–Crippen LogP) is 1.48. The van der Waals surface area contributed by atoms with Crippen molar-refractivity contribution in [2.24, 2.45) is 16.8 Å². The van der Waals surface area contributed by atoms with E-state index in [1.165, 1.54) is 0 Å². The number of aliphatic imine (C=N–C) groups is 1. The zero-order valence-corrected chi connectivity index (χ0v) is 18.9. The molecule has 152 valence electrons. The second kappa shape index (κ2) is 9.38. The van der Waals surface area contributed by atoms with Crippen molar-refractivity contribution in [3.05, 3.63) is 0 Å². The molecule has 0 aromatic carbocycles. The van der Waals surface area contributed by atoms with Gasteiger partial charge in [0, 0.05) is 32.1 Å². The van der Waals surface area contributed by atoms with Crippen molar-refractivity contribution < 1.29 is 17.9 Å². The van der Waals surface area contributed by atoms with Crippen molar-refractivity contribution in [2.75, 3.05) is 50.9 Å². The van der Waals surface area contributed by atoms with Gasteiger partial charge in [-0.1, -0.05) is 0 Å². The topological polar surface area (TPSA) is 80.2 Å². The van der Waals surface area contributed by atoms with E-state index in [1.807, 2.05) is 6.92 Å². The van der Waals surface area contributed by atoms with E-state index >= 15 is 0 Å². The van der Waals surface area contributed by atoms with E-state index < -0.39 is 15.6 Å². The van der Waals surface area contributed by atoms with Gasteiger partial charge in [-0.15, -0.1) is 24.0 Å². The molecule has 3 fully saturated rings. The molecule has 3 rings (SSSR count). The van der Waals surface area contributed by atoms with Crippen molar-refractivity contribution in [3.8, 4) is 0 Å².